The van der Waals surface area contributed by atoms with Gasteiger partial charge in [0.25, 0.3) is 5.91 Å². The predicted molar refractivity (Wildman–Crippen MR) is 107 cm³/mol. The van der Waals surface area contributed by atoms with Crippen LogP contribution in [0.4, 0.5) is 4.39 Å². The number of nitrogens with zero attached hydrogens (tertiary/aromatic N) is 1. The highest BCUT2D eigenvalue weighted by atomic mass is 19.1. The molecule has 0 unspecified atom stereocenters. The van der Waals surface area contributed by atoms with E-state index in [-0.39, 0.29) is 24.6 Å². The van der Waals surface area contributed by atoms with Crippen LogP contribution in [0.25, 0.3) is 22.3 Å². The summed E-state index contributed by atoms with van der Waals surface area (Å²) in [5.41, 5.74) is 2.18. The molecule has 0 bridgehead atoms. The molecule has 0 aliphatic heterocycles. The van der Waals surface area contributed by atoms with Crippen LogP contribution >= 0.6 is 0 Å². The smallest absolute Gasteiger partial charge is 0.273 e. The predicted octanol–water partition coefficient (Wildman–Crippen LogP) is 3.58. The Morgan fingerprint density at radius 2 is 1.87 bits per heavy atom. The van der Waals surface area contributed by atoms with Crippen molar-refractivity contribution in [2.75, 3.05) is 6.54 Å². The summed E-state index contributed by atoms with van der Waals surface area (Å²) in [6.07, 6.45) is 0. The van der Waals surface area contributed by atoms with Crippen molar-refractivity contribution in [3.8, 4) is 11.3 Å². The van der Waals surface area contributed by atoms with Crippen LogP contribution in [0.3, 0.4) is 0 Å². The van der Waals surface area contributed by atoms with Crippen LogP contribution < -0.4 is 10.6 Å². The third kappa shape index (κ3) is 4.07. The van der Waals surface area contributed by atoms with Crippen LogP contribution in [0.5, 0.6) is 0 Å². The third-order valence-electron chi connectivity index (χ3n) is 4.65. The monoisotopic (exact) mass is 407 g/mol. The van der Waals surface area contributed by atoms with Crippen molar-refractivity contribution in [3.05, 3.63) is 77.4 Å². The summed E-state index contributed by atoms with van der Waals surface area (Å²) < 4.78 is 24.2. The molecule has 0 radical (unpaired) electrons. The van der Waals surface area contributed by atoms with E-state index in [1.165, 1.54) is 18.2 Å². The first-order valence-corrected chi connectivity index (χ1v) is 9.26. The minimum Gasteiger partial charge on any atom is -0.459 e. The highest BCUT2D eigenvalue weighted by Gasteiger charge is 2.16. The zero-order chi connectivity index (χ0) is 21.1. The number of rotatable bonds is 6. The molecule has 0 aliphatic carbocycles. The Morgan fingerprint density at radius 3 is 2.67 bits per heavy atom. The second kappa shape index (κ2) is 8.20. The highest BCUT2D eigenvalue weighted by molar-refractivity contribution is 5.95. The maximum absolute atomic E-state index is 13.4. The van der Waals surface area contributed by atoms with Crippen LogP contribution in [0.2, 0.25) is 0 Å². The van der Waals surface area contributed by atoms with Gasteiger partial charge in [0.05, 0.1) is 13.1 Å². The lowest BCUT2D eigenvalue weighted by molar-refractivity contribution is -0.120. The maximum atomic E-state index is 13.4. The zero-order valence-electron chi connectivity index (χ0n) is 16.1. The Hall–Kier alpha value is -3.94. The van der Waals surface area contributed by atoms with E-state index in [2.05, 4.69) is 15.8 Å². The lowest BCUT2D eigenvalue weighted by Crippen LogP contribution is -2.36. The standard InChI is InChI=1S/C22H18FN3O4/c1-13-16-9-15(23)7-8-18(16)29-20(13)11-24-21(27)12-25-22(28)17-10-19(30-26-17)14-5-3-2-4-6-14/h2-10H,11-12H2,1H3,(H,24,27)(H,25,28). The number of aromatic nitrogens is 1. The fourth-order valence-corrected chi connectivity index (χ4v) is 3.03. The lowest BCUT2D eigenvalue weighted by atomic mass is 10.1. The van der Waals surface area contributed by atoms with Crippen molar-refractivity contribution >= 4 is 22.8 Å². The van der Waals surface area contributed by atoms with Gasteiger partial charge in [-0.1, -0.05) is 35.5 Å². The van der Waals surface area contributed by atoms with Crippen molar-refractivity contribution in [2.24, 2.45) is 0 Å². The molecule has 7 nitrogen and oxygen atoms in total. The number of carbonyl (C=O) groups is 2. The summed E-state index contributed by atoms with van der Waals surface area (Å²) in [4.78, 5) is 24.3. The van der Waals surface area contributed by atoms with Crippen molar-refractivity contribution in [3.63, 3.8) is 0 Å². The Bertz CT molecular complexity index is 1210. The van der Waals surface area contributed by atoms with Gasteiger partial charge in [-0.15, -0.1) is 0 Å². The molecule has 30 heavy (non-hydrogen) atoms. The van der Waals surface area contributed by atoms with Gasteiger partial charge in [-0.2, -0.15) is 0 Å². The fourth-order valence-electron chi connectivity index (χ4n) is 3.03. The van der Waals surface area contributed by atoms with E-state index in [9.17, 15) is 14.0 Å². The molecule has 8 heteroatoms. The van der Waals surface area contributed by atoms with Crippen LogP contribution in [-0.2, 0) is 11.3 Å². The second-order valence-corrected chi connectivity index (χ2v) is 6.69. The SMILES string of the molecule is Cc1c(CNC(=O)CNC(=O)c2cc(-c3ccccc3)on2)oc2ccc(F)cc12. The van der Waals surface area contributed by atoms with Crippen molar-refractivity contribution in [1.82, 2.24) is 15.8 Å². The van der Waals surface area contributed by atoms with E-state index in [1.54, 1.807) is 13.0 Å². The number of aryl methyl sites for hydroxylation is 1. The van der Waals surface area contributed by atoms with E-state index < -0.39 is 11.8 Å². The van der Waals surface area contributed by atoms with E-state index in [0.717, 1.165) is 11.1 Å². The number of hydrogen-bond donors (Lipinski definition) is 2. The first kappa shape index (κ1) is 19.4. The second-order valence-electron chi connectivity index (χ2n) is 6.69. The van der Waals surface area contributed by atoms with Gasteiger partial charge >= 0.3 is 0 Å². The summed E-state index contributed by atoms with van der Waals surface area (Å²) in [6, 6.07) is 15.0. The molecule has 0 aliphatic rings. The number of nitrogens with one attached hydrogen (secondary N) is 2. The Kier molecular flexibility index (Phi) is 5.30. The number of amides is 2. The largest absolute Gasteiger partial charge is 0.459 e. The maximum Gasteiger partial charge on any atom is 0.273 e. The molecule has 4 rings (SSSR count). The van der Waals surface area contributed by atoms with E-state index in [0.29, 0.717) is 22.5 Å². The van der Waals surface area contributed by atoms with Gasteiger partial charge in [-0.25, -0.2) is 4.39 Å². The van der Waals surface area contributed by atoms with Crippen LogP contribution in [0.1, 0.15) is 21.8 Å². The fraction of sp³-hybridized carbons (Fsp3) is 0.136. The van der Waals surface area contributed by atoms with E-state index >= 15 is 0 Å². The first-order chi connectivity index (χ1) is 14.5. The Morgan fingerprint density at radius 1 is 1.07 bits per heavy atom. The van der Waals surface area contributed by atoms with Crippen molar-refractivity contribution in [1.29, 1.82) is 0 Å². The third-order valence-corrected chi connectivity index (χ3v) is 4.65. The normalized spacial score (nSPS) is 10.9. The molecule has 2 amide bonds. The van der Waals surface area contributed by atoms with Crippen LogP contribution in [0, 0.1) is 12.7 Å². The molecule has 0 fully saturated rings. The first-order valence-electron chi connectivity index (χ1n) is 9.26. The molecule has 0 spiro atoms. The van der Waals surface area contributed by atoms with Crippen LogP contribution in [-0.4, -0.2) is 23.5 Å². The molecule has 2 aromatic heterocycles. The number of carbonyl (C=O) groups excluding carboxylic acids is 2. The molecule has 0 atom stereocenters. The van der Waals surface area contributed by atoms with Gasteiger partial charge in [0.15, 0.2) is 11.5 Å². The van der Waals surface area contributed by atoms with E-state index in [4.69, 9.17) is 8.94 Å². The topological polar surface area (TPSA) is 97.4 Å². The number of halogens is 1. The number of fused-ring (bicyclic) bond motifs is 1. The summed E-state index contributed by atoms with van der Waals surface area (Å²) in [5, 5.41) is 9.57. The molecular formula is C22H18FN3O4. The Labute approximate surface area is 170 Å². The summed E-state index contributed by atoms with van der Waals surface area (Å²) >= 11 is 0. The molecule has 2 aromatic carbocycles. The molecule has 0 saturated carbocycles. The molecule has 2 N–H and O–H groups in total. The molecule has 4 aromatic rings. The minimum absolute atomic E-state index is 0.0804. The van der Waals surface area contributed by atoms with Crippen LogP contribution in [0.15, 0.2) is 63.5 Å². The van der Waals surface area contributed by atoms with Gasteiger partial charge < -0.3 is 19.6 Å². The van der Waals surface area contributed by atoms with Crippen molar-refractivity contribution < 1.29 is 22.9 Å². The molecular weight excluding hydrogens is 389 g/mol. The minimum atomic E-state index is -0.522. The summed E-state index contributed by atoms with van der Waals surface area (Å²) in [6.45, 7) is 1.68. The lowest BCUT2D eigenvalue weighted by Gasteiger charge is -2.05. The number of benzene rings is 2. The van der Waals surface area contributed by atoms with Crippen molar-refractivity contribution in [2.45, 2.75) is 13.5 Å². The molecule has 2 heterocycles. The van der Waals surface area contributed by atoms with Gasteiger partial charge in [0.1, 0.15) is 17.2 Å². The van der Waals surface area contributed by atoms with Gasteiger partial charge in [-0.3, -0.25) is 9.59 Å². The zero-order valence-corrected chi connectivity index (χ0v) is 16.1. The summed E-state index contributed by atoms with van der Waals surface area (Å²) in [7, 11) is 0. The van der Waals surface area contributed by atoms with Gasteiger partial charge in [0, 0.05) is 22.6 Å². The molecule has 152 valence electrons. The summed E-state index contributed by atoms with van der Waals surface area (Å²) in [5.74, 6) is -0.290. The van der Waals surface area contributed by atoms with E-state index in [1.807, 2.05) is 30.3 Å². The average molecular weight is 407 g/mol. The highest BCUT2D eigenvalue weighted by Crippen LogP contribution is 2.25. The quantitative estimate of drug-likeness (QED) is 0.509. The number of hydrogen-bond acceptors (Lipinski definition) is 5. The van der Waals surface area contributed by atoms with Gasteiger partial charge in [0.2, 0.25) is 5.91 Å². The molecule has 0 saturated heterocycles. The average Bonchev–Trinajstić information content (AvgIpc) is 3.37. The Balaban J connectivity index is 1.31. The number of furan rings is 1. The van der Waals surface area contributed by atoms with Gasteiger partial charge in [-0.05, 0) is 25.1 Å².